The summed E-state index contributed by atoms with van der Waals surface area (Å²) in [6.07, 6.45) is 10.9. The Kier molecular flexibility index (Phi) is 12.8. The third-order valence-electron chi connectivity index (χ3n) is 12.6. The van der Waals surface area contributed by atoms with E-state index in [0.717, 1.165) is 23.1 Å². The fraction of sp³-hybridized carbons (Fsp3) is 0.373. The first-order chi connectivity index (χ1) is 28.3. The van der Waals surface area contributed by atoms with Gasteiger partial charge in [-0.05, 0) is 132 Å². The maximum atomic E-state index is 13.0. The number of carbonyl (C=O) groups excluding carboxylic acids is 2. The summed E-state index contributed by atoms with van der Waals surface area (Å²) in [5.41, 5.74) is 4.31. The van der Waals surface area contributed by atoms with Crippen LogP contribution >= 0.6 is 0 Å². The number of carbonyl (C=O) groups is 2. The molecule has 1 fully saturated rings. The number of phenolic OH excluding ortho intramolecular Hbond substituents is 3. The average molecular weight is 815 g/mol. The van der Waals surface area contributed by atoms with Gasteiger partial charge in [0.15, 0.2) is 11.6 Å². The van der Waals surface area contributed by atoms with Crippen LogP contribution in [0.4, 0.5) is 0 Å². The first kappa shape index (κ1) is 43.9. The van der Waals surface area contributed by atoms with Gasteiger partial charge in [0.2, 0.25) is 0 Å². The summed E-state index contributed by atoms with van der Waals surface area (Å²) in [6.45, 7) is 14.1. The van der Waals surface area contributed by atoms with Crippen molar-refractivity contribution in [1.82, 2.24) is 0 Å². The molecule has 3 aliphatic rings. The molecule has 5 unspecified atom stereocenters. The lowest BCUT2D eigenvalue weighted by Gasteiger charge is -2.55. The Labute approximate surface area is 353 Å². The van der Waals surface area contributed by atoms with Crippen LogP contribution < -0.4 is 9.47 Å². The van der Waals surface area contributed by atoms with Crippen molar-refractivity contribution in [2.24, 2.45) is 11.3 Å². The van der Waals surface area contributed by atoms with Crippen LogP contribution in [0, 0.1) is 18.3 Å². The van der Waals surface area contributed by atoms with E-state index in [0.29, 0.717) is 59.4 Å². The van der Waals surface area contributed by atoms with Crippen LogP contribution in [0.25, 0.3) is 12.2 Å². The number of rotatable bonds is 9. The van der Waals surface area contributed by atoms with Crippen molar-refractivity contribution in [1.29, 1.82) is 0 Å². The second-order valence-electron chi connectivity index (χ2n) is 17.8. The Hall–Kier alpha value is -5.64. The monoisotopic (exact) mass is 814 g/mol. The minimum Gasteiger partial charge on any atom is -0.508 e. The fourth-order valence-electron chi connectivity index (χ4n) is 8.64. The molecule has 1 saturated carbocycles. The van der Waals surface area contributed by atoms with Crippen LogP contribution in [0.2, 0.25) is 0 Å². The minimum atomic E-state index is -0.831. The summed E-state index contributed by atoms with van der Waals surface area (Å²) in [6, 6.07) is 20.7. The number of aryl methyl sites for hydroxylation is 1. The van der Waals surface area contributed by atoms with Gasteiger partial charge < -0.3 is 35.0 Å². The van der Waals surface area contributed by atoms with E-state index < -0.39 is 23.4 Å². The standard InChI is InChI=1S/C26H30O4.C25H28O5/c1-17(2)6-5-15-26(4)24(29)16-21-23(28)14-12-20(25(21)30-26)22(27)13-11-19-9-7-18(3)8-10-19;1-24(2)21-14-18-20(28)11-9-17(23(18)30-25(21,3)13-12-22(24)29)19(27)10-6-15-4-7-16(26)8-5-15/h6-14,24,28-29H,5,15-16H2,1-4H3;4-11,21-22,26,28-29H,12-14H2,1-3H3/b13-11+;10-6+. The smallest absolute Gasteiger partial charge is 0.189 e. The number of ketones is 2. The van der Waals surface area contributed by atoms with Crippen molar-refractivity contribution in [3.05, 3.63) is 136 Å². The van der Waals surface area contributed by atoms with E-state index >= 15 is 0 Å². The van der Waals surface area contributed by atoms with E-state index in [-0.39, 0.29) is 46.6 Å². The second kappa shape index (κ2) is 17.5. The highest BCUT2D eigenvalue weighted by molar-refractivity contribution is 6.10. The van der Waals surface area contributed by atoms with Crippen molar-refractivity contribution in [2.45, 2.75) is 110 Å². The van der Waals surface area contributed by atoms with E-state index in [1.807, 2.05) is 72.7 Å². The number of benzene rings is 4. The minimum absolute atomic E-state index is 0.0186. The highest BCUT2D eigenvalue weighted by Crippen LogP contribution is 2.55. The number of hydrogen-bond donors (Lipinski definition) is 5. The summed E-state index contributed by atoms with van der Waals surface area (Å²) < 4.78 is 12.7. The van der Waals surface area contributed by atoms with E-state index in [1.54, 1.807) is 54.6 Å². The van der Waals surface area contributed by atoms with E-state index in [2.05, 4.69) is 6.08 Å². The van der Waals surface area contributed by atoms with Gasteiger partial charge in [0.05, 0.1) is 23.3 Å². The zero-order valence-electron chi connectivity index (χ0n) is 35.7. The molecule has 1 aliphatic carbocycles. The number of hydrogen-bond acceptors (Lipinski definition) is 9. The number of aliphatic hydroxyl groups is 2. The SMILES string of the molecule is CC(C)=CCCC1(C)Oc2c(C(=O)/C=C/c3ccc(C)cc3)ccc(O)c2CC1O.CC12CCC(O)C(C)(C)C1Cc1c(O)ccc(C(=O)/C=C/c3ccc(O)cc3)c1O2. The molecule has 0 spiro atoms. The molecule has 9 nitrogen and oxygen atoms in total. The number of ether oxygens (including phenoxy) is 2. The molecular weight excluding hydrogens is 757 g/mol. The fourth-order valence-corrected chi connectivity index (χ4v) is 8.64. The molecule has 9 heteroatoms. The highest BCUT2D eigenvalue weighted by atomic mass is 16.5. The molecule has 4 aromatic rings. The number of aromatic hydroxyl groups is 3. The van der Waals surface area contributed by atoms with E-state index in [1.165, 1.54) is 23.8 Å². The Bertz CT molecular complexity index is 2310. The average Bonchev–Trinajstić information content (AvgIpc) is 3.20. The first-order valence-electron chi connectivity index (χ1n) is 20.7. The Morgan fingerprint density at radius 2 is 1.22 bits per heavy atom. The van der Waals surface area contributed by atoms with Crippen molar-refractivity contribution in [3.8, 4) is 28.7 Å². The number of allylic oxidation sites excluding steroid dienone is 4. The molecule has 0 saturated heterocycles. The Morgan fingerprint density at radius 3 is 1.77 bits per heavy atom. The van der Waals surface area contributed by atoms with Crippen LogP contribution in [0.1, 0.15) is 116 Å². The van der Waals surface area contributed by atoms with Crippen LogP contribution in [-0.2, 0) is 12.8 Å². The summed E-state index contributed by atoms with van der Waals surface area (Å²) in [5.74, 6) is 0.746. The highest BCUT2D eigenvalue weighted by Gasteiger charge is 2.55. The predicted octanol–water partition coefficient (Wildman–Crippen LogP) is 9.88. The van der Waals surface area contributed by atoms with Crippen molar-refractivity contribution >= 4 is 23.7 Å². The predicted molar refractivity (Wildman–Crippen MR) is 235 cm³/mol. The van der Waals surface area contributed by atoms with E-state index in [9.17, 15) is 35.1 Å². The molecule has 2 heterocycles. The lowest BCUT2D eigenvalue weighted by molar-refractivity contribution is -0.138. The topological polar surface area (TPSA) is 154 Å². The van der Waals surface area contributed by atoms with Gasteiger partial charge in [0, 0.05) is 23.5 Å². The summed E-state index contributed by atoms with van der Waals surface area (Å²) >= 11 is 0. The Balaban J connectivity index is 0.000000201. The van der Waals surface area contributed by atoms with E-state index in [4.69, 9.17) is 9.47 Å². The largest absolute Gasteiger partial charge is 0.508 e. The maximum absolute atomic E-state index is 13.0. The van der Waals surface area contributed by atoms with Crippen LogP contribution in [0.3, 0.4) is 0 Å². The van der Waals surface area contributed by atoms with Gasteiger partial charge in [-0.3, -0.25) is 9.59 Å². The second-order valence-corrected chi connectivity index (χ2v) is 17.8. The van der Waals surface area contributed by atoms with Crippen LogP contribution in [0.5, 0.6) is 28.7 Å². The maximum Gasteiger partial charge on any atom is 0.189 e. The molecule has 5 atom stereocenters. The van der Waals surface area contributed by atoms with Crippen molar-refractivity contribution < 1.29 is 44.6 Å². The normalized spacial score (nSPS) is 23.9. The molecule has 0 bridgehead atoms. The van der Waals surface area contributed by atoms with Gasteiger partial charge in [-0.1, -0.05) is 79.6 Å². The number of phenols is 3. The molecule has 0 radical (unpaired) electrons. The molecule has 316 valence electrons. The van der Waals surface area contributed by atoms with Gasteiger partial charge in [-0.2, -0.15) is 0 Å². The molecule has 0 aromatic heterocycles. The van der Waals surface area contributed by atoms with Gasteiger partial charge >= 0.3 is 0 Å². The third kappa shape index (κ3) is 9.38. The zero-order valence-corrected chi connectivity index (χ0v) is 35.7. The summed E-state index contributed by atoms with van der Waals surface area (Å²) in [5, 5.41) is 51.5. The molecule has 60 heavy (non-hydrogen) atoms. The first-order valence-corrected chi connectivity index (χ1v) is 20.7. The zero-order chi connectivity index (χ0) is 43.6. The summed E-state index contributed by atoms with van der Waals surface area (Å²) in [4.78, 5) is 25.9. The van der Waals surface area contributed by atoms with Gasteiger partial charge in [-0.15, -0.1) is 0 Å². The van der Waals surface area contributed by atoms with Crippen molar-refractivity contribution in [3.63, 3.8) is 0 Å². The molecule has 2 aliphatic heterocycles. The summed E-state index contributed by atoms with van der Waals surface area (Å²) in [7, 11) is 0. The van der Waals surface area contributed by atoms with Gasteiger partial charge in [0.25, 0.3) is 0 Å². The quantitative estimate of drug-likeness (QED) is 0.0631. The molecule has 5 N–H and O–H groups in total. The van der Waals surface area contributed by atoms with Gasteiger partial charge in [0.1, 0.15) is 39.9 Å². The molecule has 0 amide bonds. The lowest BCUT2D eigenvalue weighted by Crippen LogP contribution is -2.58. The van der Waals surface area contributed by atoms with Crippen LogP contribution in [0.15, 0.2) is 96.6 Å². The van der Waals surface area contributed by atoms with Crippen molar-refractivity contribution in [2.75, 3.05) is 0 Å². The Morgan fingerprint density at radius 1 is 0.700 bits per heavy atom. The molecule has 4 aromatic carbocycles. The molecular formula is C51H58O9. The van der Waals surface area contributed by atoms with Gasteiger partial charge in [-0.25, -0.2) is 0 Å². The third-order valence-corrected chi connectivity index (χ3v) is 12.6. The number of aliphatic hydroxyl groups excluding tert-OH is 2. The van der Waals surface area contributed by atoms with Crippen LogP contribution in [-0.4, -0.2) is 60.5 Å². The molecule has 7 rings (SSSR count). The lowest BCUT2D eigenvalue weighted by atomic mass is 9.57. The number of fused-ring (bicyclic) bond motifs is 3.